The molecule has 0 aromatic heterocycles. The molecular weight excluding hydrogens is 266 g/mol. The molecule has 5 heteroatoms. The van der Waals surface area contributed by atoms with Crippen molar-refractivity contribution in [1.82, 2.24) is 10.2 Å². The standard InChI is InChI=1S/C16H29N3O2/c1-13(2)16(3,12-17)18-15(21)11-19(9-10-20)14-7-5-4-6-8-14/h13-14,20H,4-11H2,1-3H3,(H,18,21). The Labute approximate surface area is 128 Å². The molecule has 0 aliphatic heterocycles. The summed E-state index contributed by atoms with van der Waals surface area (Å²) < 4.78 is 0. The topological polar surface area (TPSA) is 76.4 Å². The van der Waals surface area contributed by atoms with Crippen LogP contribution in [0.1, 0.15) is 52.9 Å². The van der Waals surface area contributed by atoms with E-state index in [1.54, 1.807) is 6.92 Å². The molecule has 0 aromatic rings. The van der Waals surface area contributed by atoms with Gasteiger partial charge in [-0.05, 0) is 25.7 Å². The predicted molar refractivity (Wildman–Crippen MR) is 82.5 cm³/mol. The van der Waals surface area contributed by atoms with Crippen LogP contribution in [0.2, 0.25) is 0 Å². The van der Waals surface area contributed by atoms with Gasteiger partial charge >= 0.3 is 0 Å². The van der Waals surface area contributed by atoms with Crippen molar-refractivity contribution >= 4 is 5.91 Å². The molecular formula is C16H29N3O2. The molecule has 120 valence electrons. The lowest BCUT2D eigenvalue weighted by atomic mass is 9.90. The second-order valence-electron chi connectivity index (χ2n) is 6.50. The highest BCUT2D eigenvalue weighted by Crippen LogP contribution is 2.22. The van der Waals surface area contributed by atoms with Crippen LogP contribution >= 0.6 is 0 Å². The fourth-order valence-corrected chi connectivity index (χ4v) is 2.78. The monoisotopic (exact) mass is 295 g/mol. The van der Waals surface area contributed by atoms with Crippen LogP contribution < -0.4 is 5.32 Å². The van der Waals surface area contributed by atoms with Gasteiger partial charge in [0.1, 0.15) is 5.54 Å². The summed E-state index contributed by atoms with van der Waals surface area (Å²) in [6.45, 7) is 6.44. The number of rotatable bonds is 7. The Morgan fingerprint density at radius 1 is 1.43 bits per heavy atom. The van der Waals surface area contributed by atoms with Crippen molar-refractivity contribution in [3.63, 3.8) is 0 Å². The fraction of sp³-hybridized carbons (Fsp3) is 0.875. The largest absolute Gasteiger partial charge is 0.395 e. The Kier molecular flexibility index (Phi) is 7.13. The summed E-state index contributed by atoms with van der Waals surface area (Å²) >= 11 is 0. The average molecular weight is 295 g/mol. The van der Waals surface area contributed by atoms with Gasteiger partial charge in [0, 0.05) is 12.6 Å². The summed E-state index contributed by atoms with van der Waals surface area (Å²) in [6, 6.07) is 2.57. The van der Waals surface area contributed by atoms with Crippen LogP contribution in [0.4, 0.5) is 0 Å². The second-order valence-corrected chi connectivity index (χ2v) is 6.50. The Morgan fingerprint density at radius 3 is 2.52 bits per heavy atom. The third-order valence-corrected chi connectivity index (χ3v) is 4.61. The Morgan fingerprint density at radius 2 is 2.05 bits per heavy atom. The first-order valence-electron chi connectivity index (χ1n) is 8.00. The number of nitriles is 1. The van der Waals surface area contributed by atoms with Gasteiger partial charge in [-0.15, -0.1) is 0 Å². The Balaban J connectivity index is 2.62. The molecule has 0 spiro atoms. The molecule has 1 fully saturated rings. The van der Waals surface area contributed by atoms with Gasteiger partial charge in [-0.2, -0.15) is 5.26 Å². The lowest BCUT2D eigenvalue weighted by Gasteiger charge is -2.35. The molecule has 1 rings (SSSR count). The number of aliphatic hydroxyl groups excluding tert-OH is 1. The second kappa shape index (κ2) is 8.35. The number of nitrogens with one attached hydrogen (secondary N) is 1. The van der Waals surface area contributed by atoms with Gasteiger partial charge in [0.05, 0.1) is 19.2 Å². The maximum Gasteiger partial charge on any atom is 0.235 e. The minimum Gasteiger partial charge on any atom is -0.395 e. The van der Waals surface area contributed by atoms with Crippen molar-refractivity contribution in [3.8, 4) is 6.07 Å². The number of hydrogen-bond acceptors (Lipinski definition) is 4. The van der Waals surface area contributed by atoms with E-state index in [9.17, 15) is 15.2 Å². The molecule has 1 unspecified atom stereocenters. The van der Waals surface area contributed by atoms with Gasteiger partial charge < -0.3 is 10.4 Å². The van der Waals surface area contributed by atoms with Gasteiger partial charge in [0.15, 0.2) is 0 Å². The first-order chi connectivity index (χ1) is 9.92. The van der Waals surface area contributed by atoms with Crippen LogP contribution in [0.25, 0.3) is 0 Å². The molecule has 1 saturated carbocycles. The molecule has 1 atom stereocenters. The molecule has 1 aliphatic rings. The van der Waals surface area contributed by atoms with Gasteiger partial charge in [-0.25, -0.2) is 0 Å². The number of carbonyl (C=O) groups excluding carboxylic acids is 1. The van der Waals surface area contributed by atoms with Gasteiger partial charge in [0.25, 0.3) is 0 Å². The molecule has 2 N–H and O–H groups in total. The normalized spacial score (nSPS) is 19.3. The summed E-state index contributed by atoms with van der Waals surface area (Å²) in [7, 11) is 0. The Hall–Kier alpha value is -1.12. The van der Waals surface area contributed by atoms with Crippen molar-refractivity contribution < 1.29 is 9.90 Å². The Bertz CT molecular complexity index is 372. The zero-order chi connectivity index (χ0) is 15.9. The number of aliphatic hydroxyl groups is 1. The third kappa shape index (κ3) is 5.29. The van der Waals surface area contributed by atoms with Crippen LogP contribution in [0.3, 0.4) is 0 Å². The van der Waals surface area contributed by atoms with Crippen molar-refractivity contribution in [2.24, 2.45) is 5.92 Å². The molecule has 0 heterocycles. The van der Waals surface area contributed by atoms with E-state index in [2.05, 4.69) is 16.3 Å². The maximum absolute atomic E-state index is 12.3. The zero-order valence-electron chi connectivity index (χ0n) is 13.6. The van der Waals surface area contributed by atoms with E-state index < -0.39 is 5.54 Å². The van der Waals surface area contributed by atoms with E-state index in [0.717, 1.165) is 12.8 Å². The summed E-state index contributed by atoms with van der Waals surface area (Å²) in [4.78, 5) is 14.3. The summed E-state index contributed by atoms with van der Waals surface area (Å²) in [5.41, 5.74) is -0.839. The highest BCUT2D eigenvalue weighted by atomic mass is 16.3. The molecule has 21 heavy (non-hydrogen) atoms. The van der Waals surface area contributed by atoms with Crippen LogP contribution in [0, 0.1) is 17.2 Å². The lowest BCUT2D eigenvalue weighted by Crippen LogP contribution is -2.53. The summed E-state index contributed by atoms with van der Waals surface area (Å²) in [6.07, 6.45) is 5.82. The first kappa shape index (κ1) is 17.9. The number of amides is 1. The fourth-order valence-electron chi connectivity index (χ4n) is 2.78. The van der Waals surface area contributed by atoms with E-state index in [1.165, 1.54) is 19.3 Å². The molecule has 0 saturated heterocycles. The van der Waals surface area contributed by atoms with Crippen molar-refractivity contribution in [2.45, 2.75) is 64.5 Å². The van der Waals surface area contributed by atoms with E-state index in [4.69, 9.17) is 0 Å². The molecule has 1 amide bonds. The van der Waals surface area contributed by atoms with Gasteiger partial charge in [-0.3, -0.25) is 9.69 Å². The van der Waals surface area contributed by atoms with E-state index >= 15 is 0 Å². The van der Waals surface area contributed by atoms with Crippen molar-refractivity contribution in [3.05, 3.63) is 0 Å². The quantitative estimate of drug-likeness (QED) is 0.749. The van der Waals surface area contributed by atoms with Crippen LogP contribution in [0.5, 0.6) is 0 Å². The maximum atomic E-state index is 12.3. The van der Waals surface area contributed by atoms with Gasteiger partial charge in [0.2, 0.25) is 5.91 Å². The highest BCUT2D eigenvalue weighted by Gasteiger charge is 2.31. The lowest BCUT2D eigenvalue weighted by molar-refractivity contribution is -0.124. The van der Waals surface area contributed by atoms with E-state index in [1.807, 2.05) is 13.8 Å². The van der Waals surface area contributed by atoms with Crippen LogP contribution in [0.15, 0.2) is 0 Å². The molecule has 0 aromatic carbocycles. The number of hydrogen-bond donors (Lipinski definition) is 2. The smallest absolute Gasteiger partial charge is 0.235 e. The molecule has 5 nitrogen and oxygen atoms in total. The average Bonchev–Trinajstić information content (AvgIpc) is 2.47. The van der Waals surface area contributed by atoms with E-state index in [-0.39, 0.29) is 25.0 Å². The number of carbonyl (C=O) groups is 1. The predicted octanol–water partition coefficient (Wildman–Crippen LogP) is 1.67. The minimum absolute atomic E-state index is 0.0485. The van der Waals surface area contributed by atoms with Gasteiger partial charge in [-0.1, -0.05) is 33.1 Å². The third-order valence-electron chi connectivity index (χ3n) is 4.61. The van der Waals surface area contributed by atoms with Crippen molar-refractivity contribution in [2.75, 3.05) is 19.7 Å². The van der Waals surface area contributed by atoms with Crippen LogP contribution in [-0.4, -0.2) is 47.2 Å². The minimum atomic E-state index is -0.839. The van der Waals surface area contributed by atoms with Crippen LogP contribution in [-0.2, 0) is 4.79 Å². The van der Waals surface area contributed by atoms with Crippen molar-refractivity contribution in [1.29, 1.82) is 5.26 Å². The molecule has 0 radical (unpaired) electrons. The zero-order valence-corrected chi connectivity index (χ0v) is 13.6. The summed E-state index contributed by atoms with van der Waals surface area (Å²) in [5.74, 6) is -0.0841. The highest BCUT2D eigenvalue weighted by molar-refractivity contribution is 5.79. The SMILES string of the molecule is CC(C)C(C)(C#N)NC(=O)CN(CCO)C1CCCCC1. The summed E-state index contributed by atoms with van der Waals surface area (Å²) in [5, 5.41) is 21.3. The molecule has 0 bridgehead atoms. The number of nitrogens with zero attached hydrogens (tertiary/aromatic N) is 2. The first-order valence-corrected chi connectivity index (χ1v) is 8.00. The molecule has 1 aliphatic carbocycles. The van der Waals surface area contributed by atoms with E-state index in [0.29, 0.717) is 12.6 Å².